The van der Waals surface area contributed by atoms with E-state index < -0.39 is 15.9 Å². The molecule has 7 heteroatoms. The number of rotatable bonds is 6. The molecule has 0 bridgehead atoms. The first-order valence-electron chi connectivity index (χ1n) is 8.63. The molecule has 0 heterocycles. The van der Waals surface area contributed by atoms with Crippen LogP contribution in [0.5, 0.6) is 0 Å². The van der Waals surface area contributed by atoms with Crippen molar-refractivity contribution in [3.63, 3.8) is 0 Å². The quantitative estimate of drug-likeness (QED) is 0.809. The van der Waals surface area contributed by atoms with Crippen LogP contribution < -0.4 is 10.6 Å². The third kappa shape index (κ3) is 4.81. The van der Waals surface area contributed by atoms with Crippen LogP contribution in [0.4, 0.5) is 5.69 Å². The Balaban J connectivity index is 2.18. The van der Waals surface area contributed by atoms with Crippen LogP contribution in [0.3, 0.4) is 0 Å². The summed E-state index contributed by atoms with van der Waals surface area (Å²) in [6.45, 7) is 5.03. The molecule has 25 heavy (non-hydrogen) atoms. The van der Waals surface area contributed by atoms with Gasteiger partial charge in [0.25, 0.3) is 0 Å². The predicted molar refractivity (Wildman–Crippen MR) is 97.0 cm³/mol. The lowest BCUT2D eigenvalue weighted by molar-refractivity contribution is -0.126. The maximum absolute atomic E-state index is 12.7. The molecule has 2 amide bonds. The lowest BCUT2D eigenvalue weighted by Crippen LogP contribution is -2.46. The Hall–Kier alpha value is -1.89. The zero-order valence-corrected chi connectivity index (χ0v) is 15.7. The Morgan fingerprint density at radius 3 is 2.36 bits per heavy atom. The highest BCUT2D eigenvalue weighted by Crippen LogP contribution is 2.30. The third-order valence-corrected chi connectivity index (χ3v) is 6.74. The van der Waals surface area contributed by atoms with E-state index in [1.807, 2.05) is 13.8 Å². The second kappa shape index (κ2) is 7.99. The molecule has 1 aliphatic carbocycles. The van der Waals surface area contributed by atoms with Gasteiger partial charge in [0.1, 0.15) is 6.04 Å². The molecule has 1 saturated carbocycles. The summed E-state index contributed by atoms with van der Waals surface area (Å²) < 4.78 is 25.4. The Kier molecular flexibility index (Phi) is 6.21. The molecule has 6 nitrogen and oxygen atoms in total. The fraction of sp³-hybridized carbons (Fsp3) is 0.556. The summed E-state index contributed by atoms with van der Waals surface area (Å²) in [6, 6.07) is 5.66. The molecule has 1 fully saturated rings. The largest absolute Gasteiger partial charge is 0.344 e. The lowest BCUT2D eigenvalue weighted by Gasteiger charge is -2.21. The number of amides is 2. The van der Waals surface area contributed by atoms with E-state index in [9.17, 15) is 18.0 Å². The van der Waals surface area contributed by atoms with Crippen LogP contribution in [-0.2, 0) is 19.4 Å². The molecule has 2 rings (SSSR count). The van der Waals surface area contributed by atoms with Crippen molar-refractivity contribution in [2.24, 2.45) is 5.92 Å². The minimum absolute atomic E-state index is 0.0886. The van der Waals surface area contributed by atoms with Crippen molar-refractivity contribution in [3.05, 3.63) is 24.3 Å². The predicted octanol–water partition coefficient (Wildman–Crippen LogP) is 2.50. The molecule has 0 saturated heterocycles. The highest BCUT2D eigenvalue weighted by molar-refractivity contribution is 7.92. The summed E-state index contributed by atoms with van der Waals surface area (Å²) >= 11 is 0. The molecular formula is C18H26N2O4S. The van der Waals surface area contributed by atoms with Gasteiger partial charge >= 0.3 is 0 Å². The van der Waals surface area contributed by atoms with Gasteiger partial charge in [-0.15, -0.1) is 0 Å². The number of carbonyl (C=O) groups excluding carboxylic acids is 2. The monoisotopic (exact) mass is 366 g/mol. The fourth-order valence-corrected chi connectivity index (χ4v) is 5.01. The molecule has 0 radical (unpaired) electrons. The van der Waals surface area contributed by atoms with Crippen LogP contribution in [0.25, 0.3) is 0 Å². The molecule has 1 atom stereocenters. The average molecular weight is 366 g/mol. The van der Waals surface area contributed by atoms with E-state index in [0.29, 0.717) is 18.5 Å². The van der Waals surface area contributed by atoms with Crippen molar-refractivity contribution in [3.8, 4) is 0 Å². The first-order valence-corrected chi connectivity index (χ1v) is 10.2. The van der Waals surface area contributed by atoms with Gasteiger partial charge < -0.3 is 10.6 Å². The average Bonchev–Trinajstić information content (AvgIpc) is 3.07. The molecule has 1 aromatic rings. The van der Waals surface area contributed by atoms with Crippen molar-refractivity contribution in [2.45, 2.75) is 62.6 Å². The zero-order chi connectivity index (χ0) is 18.6. The van der Waals surface area contributed by atoms with Crippen molar-refractivity contribution in [1.82, 2.24) is 5.32 Å². The summed E-state index contributed by atoms with van der Waals surface area (Å²) in [4.78, 5) is 23.9. The molecule has 1 unspecified atom stereocenters. The second-order valence-corrected chi connectivity index (χ2v) is 9.12. The van der Waals surface area contributed by atoms with Gasteiger partial charge in [0.15, 0.2) is 9.84 Å². The Morgan fingerprint density at radius 1 is 1.16 bits per heavy atom. The second-order valence-electron chi connectivity index (χ2n) is 6.89. The molecule has 138 valence electrons. The van der Waals surface area contributed by atoms with E-state index >= 15 is 0 Å². The zero-order valence-electron chi connectivity index (χ0n) is 14.9. The Morgan fingerprint density at radius 2 is 1.80 bits per heavy atom. The Bertz CT molecular complexity index is 737. The van der Waals surface area contributed by atoms with Gasteiger partial charge in [-0.3, -0.25) is 9.59 Å². The molecular weight excluding hydrogens is 340 g/mol. The minimum Gasteiger partial charge on any atom is -0.344 e. The van der Waals surface area contributed by atoms with Gasteiger partial charge in [-0.1, -0.05) is 32.8 Å². The highest BCUT2D eigenvalue weighted by Gasteiger charge is 2.30. The Labute approximate surface area is 149 Å². The van der Waals surface area contributed by atoms with Crippen LogP contribution in [0.15, 0.2) is 29.2 Å². The van der Waals surface area contributed by atoms with E-state index in [1.165, 1.54) is 13.0 Å². The molecule has 1 aliphatic rings. The minimum atomic E-state index is -3.37. The molecule has 2 N–H and O–H groups in total. The van der Waals surface area contributed by atoms with E-state index in [1.54, 1.807) is 18.2 Å². The maximum atomic E-state index is 12.7. The van der Waals surface area contributed by atoms with Gasteiger partial charge in [-0.2, -0.15) is 0 Å². The number of hydrogen-bond acceptors (Lipinski definition) is 4. The molecule has 1 aromatic carbocycles. The number of anilines is 1. The summed E-state index contributed by atoms with van der Waals surface area (Å²) in [6.07, 6.45) is 3.26. The van der Waals surface area contributed by atoms with Gasteiger partial charge in [0.2, 0.25) is 11.8 Å². The molecule has 0 aliphatic heterocycles. The number of nitrogens with one attached hydrogen (secondary N) is 2. The van der Waals surface area contributed by atoms with Gasteiger partial charge in [-0.05, 0) is 37.0 Å². The normalized spacial score (nSPS) is 16.6. The highest BCUT2D eigenvalue weighted by atomic mass is 32.2. The number of sulfone groups is 1. The van der Waals surface area contributed by atoms with E-state index in [0.717, 1.165) is 12.8 Å². The number of hydrogen-bond donors (Lipinski definition) is 2. The topological polar surface area (TPSA) is 92.3 Å². The van der Waals surface area contributed by atoms with E-state index in [-0.39, 0.29) is 27.9 Å². The van der Waals surface area contributed by atoms with Crippen LogP contribution in [0, 0.1) is 5.92 Å². The maximum Gasteiger partial charge on any atom is 0.247 e. The summed E-state index contributed by atoms with van der Waals surface area (Å²) in [5.74, 6) is -0.735. The van der Waals surface area contributed by atoms with Gasteiger partial charge in [0.05, 0.1) is 10.1 Å². The first-order chi connectivity index (χ1) is 11.7. The third-order valence-electron chi connectivity index (χ3n) is 4.48. The van der Waals surface area contributed by atoms with Gasteiger partial charge in [0, 0.05) is 12.6 Å². The van der Waals surface area contributed by atoms with Crippen LogP contribution >= 0.6 is 0 Å². The summed E-state index contributed by atoms with van der Waals surface area (Å²) in [7, 11) is -3.37. The smallest absolute Gasteiger partial charge is 0.247 e. The molecule has 0 aromatic heterocycles. The molecule has 0 spiro atoms. The summed E-state index contributed by atoms with van der Waals surface area (Å²) in [5, 5.41) is 5.00. The first kappa shape index (κ1) is 19.4. The van der Waals surface area contributed by atoms with Crippen LogP contribution in [0.2, 0.25) is 0 Å². The van der Waals surface area contributed by atoms with Crippen LogP contribution in [0.1, 0.15) is 46.5 Å². The van der Waals surface area contributed by atoms with E-state index in [4.69, 9.17) is 0 Å². The number of benzene rings is 1. The lowest BCUT2D eigenvalue weighted by atomic mass is 10.0. The van der Waals surface area contributed by atoms with Crippen molar-refractivity contribution < 1.29 is 18.0 Å². The van der Waals surface area contributed by atoms with Crippen molar-refractivity contribution >= 4 is 27.3 Å². The van der Waals surface area contributed by atoms with Crippen molar-refractivity contribution in [1.29, 1.82) is 0 Å². The fourth-order valence-electron chi connectivity index (χ4n) is 3.12. The van der Waals surface area contributed by atoms with Gasteiger partial charge in [-0.25, -0.2) is 8.42 Å². The van der Waals surface area contributed by atoms with Crippen molar-refractivity contribution in [2.75, 3.05) is 5.32 Å². The van der Waals surface area contributed by atoms with E-state index in [2.05, 4.69) is 10.6 Å². The standard InChI is InChI=1S/C18H26N2O4S/c1-12(2)17(19-13(3)21)18(22)20-14-7-6-10-16(11-14)25(23,24)15-8-4-5-9-15/h6-7,10-12,15,17H,4-5,8-9H2,1-3H3,(H,19,21)(H,20,22). The SMILES string of the molecule is CC(=O)NC(C(=O)Nc1cccc(S(=O)(=O)C2CCCC2)c1)C(C)C. The summed E-state index contributed by atoms with van der Waals surface area (Å²) in [5.41, 5.74) is 0.417. The number of carbonyl (C=O) groups is 2. The van der Waals surface area contributed by atoms with Crippen LogP contribution in [-0.4, -0.2) is 31.5 Å².